The number of hydrogen-bond acceptors (Lipinski definition) is 5. The SMILES string of the molecule is CS(=O)CCNc1scnc1C(=O)O. The van der Waals surface area contributed by atoms with E-state index in [1.807, 2.05) is 0 Å². The van der Waals surface area contributed by atoms with E-state index in [0.717, 1.165) is 0 Å². The molecule has 0 saturated heterocycles. The Labute approximate surface area is 87.6 Å². The highest BCUT2D eigenvalue weighted by Gasteiger charge is 2.12. The lowest BCUT2D eigenvalue weighted by Crippen LogP contribution is -2.11. The fraction of sp³-hybridized carbons (Fsp3) is 0.429. The molecular formula is C7H10N2O3S2. The predicted octanol–water partition coefficient (Wildman–Crippen LogP) is 0.632. The average Bonchev–Trinajstić information content (AvgIpc) is 2.51. The van der Waals surface area contributed by atoms with Crippen molar-refractivity contribution in [2.75, 3.05) is 23.9 Å². The topological polar surface area (TPSA) is 79.3 Å². The maximum absolute atomic E-state index is 10.7. The molecule has 1 aromatic heterocycles. The first-order chi connectivity index (χ1) is 6.61. The summed E-state index contributed by atoms with van der Waals surface area (Å²) >= 11 is 1.23. The molecule has 0 radical (unpaired) electrons. The molecule has 5 nitrogen and oxygen atoms in total. The Balaban J connectivity index is 2.54. The van der Waals surface area contributed by atoms with Crippen molar-refractivity contribution in [2.45, 2.75) is 0 Å². The van der Waals surface area contributed by atoms with E-state index >= 15 is 0 Å². The van der Waals surface area contributed by atoms with Gasteiger partial charge < -0.3 is 10.4 Å². The molecule has 1 heterocycles. The monoisotopic (exact) mass is 234 g/mol. The fourth-order valence-corrected chi connectivity index (χ4v) is 1.92. The van der Waals surface area contributed by atoms with Crippen LogP contribution in [0.2, 0.25) is 0 Å². The van der Waals surface area contributed by atoms with Crippen LogP contribution in [-0.2, 0) is 10.8 Å². The molecule has 1 aromatic rings. The molecule has 0 fully saturated rings. The molecule has 1 unspecified atom stereocenters. The number of thiazole rings is 1. The van der Waals surface area contributed by atoms with E-state index in [2.05, 4.69) is 10.3 Å². The third kappa shape index (κ3) is 3.08. The summed E-state index contributed by atoms with van der Waals surface area (Å²) in [7, 11) is -0.870. The van der Waals surface area contributed by atoms with Crippen LogP contribution in [0.15, 0.2) is 5.51 Å². The number of nitrogens with zero attached hydrogens (tertiary/aromatic N) is 1. The van der Waals surface area contributed by atoms with Crippen molar-refractivity contribution in [1.29, 1.82) is 0 Å². The van der Waals surface area contributed by atoms with Gasteiger partial charge in [0, 0.05) is 29.4 Å². The largest absolute Gasteiger partial charge is 0.476 e. The summed E-state index contributed by atoms with van der Waals surface area (Å²) < 4.78 is 10.7. The summed E-state index contributed by atoms with van der Waals surface area (Å²) in [5.41, 5.74) is 1.49. The smallest absolute Gasteiger partial charge is 0.357 e. The molecule has 7 heteroatoms. The van der Waals surface area contributed by atoms with Gasteiger partial charge in [-0.1, -0.05) is 0 Å². The molecule has 0 aliphatic rings. The molecule has 2 N–H and O–H groups in total. The zero-order valence-corrected chi connectivity index (χ0v) is 9.15. The number of rotatable bonds is 5. The van der Waals surface area contributed by atoms with Crippen LogP contribution < -0.4 is 5.32 Å². The second kappa shape index (κ2) is 5.06. The van der Waals surface area contributed by atoms with Crippen molar-refractivity contribution >= 4 is 33.1 Å². The molecule has 1 atom stereocenters. The fourth-order valence-electron chi connectivity index (χ4n) is 0.832. The second-order valence-corrected chi connectivity index (χ2v) is 4.95. The van der Waals surface area contributed by atoms with Crippen LogP contribution in [0.1, 0.15) is 10.5 Å². The van der Waals surface area contributed by atoms with Crippen molar-refractivity contribution in [1.82, 2.24) is 4.98 Å². The van der Waals surface area contributed by atoms with Crippen molar-refractivity contribution in [3.63, 3.8) is 0 Å². The summed E-state index contributed by atoms with van der Waals surface area (Å²) in [4.78, 5) is 14.3. The lowest BCUT2D eigenvalue weighted by molar-refractivity contribution is 0.0692. The summed E-state index contributed by atoms with van der Waals surface area (Å²) in [6.07, 6.45) is 1.60. The summed E-state index contributed by atoms with van der Waals surface area (Å²) in [6, 6.07) is 0. The molecule has 0 amide bonds. The van der Waals surface area contributed by atoms with E-state index in [-0.39, 0.29) is 5.69 Å². The van der Waals surface area contributed by atoms with E-state index in [4.69, 9.17) is 5.11 Å². The first-order valence-electron chi connectivity index (χ1n) is 3.82. The van der Waals surface area contributed by atoms with Crippen LogP contribution in [-0.4, -0.2) is 38.8 Å². The van der Waals surface area contributed by atoms with Gasteiger partial charge in [0.1, 0.15) is 5.00 Å². The molecule has 78 valence electrons. The Morgan fingerprint density at radius 2 is 2.50 bits per heavy atom. The van der Waals surface area contributed by atoms with Crippen molar-refractivity contribution < 1.29 is 14.1 Å². The normalized spacial score (nSPS) is 12.4. The molecule has 14 heavy (non-hydrogen) atoms. The summed E-state index contributed by atoms with van der Waals surface area (Å²) in [5.74, 6) is -0.553. The van der Waals surface area contributed by atoms with Crippen LogP contribution >= 0.6 is 11.3 Å². The first kappa shape index (κ1) is 11.1. The van der Waals surface area contributed by atoms with Gasteiger partial charge in [0.15, 0.2) is 5.69 Å². The Bertz CT molecular complexity index is 350. The molecule has 0 spiro atoms. The number of carbonyl (C=O) groups is 1. The third-order valence-electron chi connectivity index (χ3n) is 1.45. The Kier molecular flexibility index (Phi) is 4.02. The van der Waals surface area contributed by atoms with Crippen molar-refractivity contribution in [3.05, 3.63) is 11.2 Å². The number of carboxylic acid groups (broad SMARTS) is 1. The van der Waals surface area contributed by atoms with E-state index in [9.17, 15) is 9.00 Å². The quantitative estimate of drug-likeness (QED) is 0.781. The Morgan fingerprint density at radius 1 is 1.79 bits per heavy atom. The van der Waals surface area contributed by atoms with Gasteiger partial charge in [-0.3, -0.25) is 4.21 Å². The lowest BCUT2D eigenvalue weighted by atomic mass is 10.4. The van der Waals surface area contributed by atoms with E-state index in [0.29, 0.717) is 17.3 Å². The van der Waals surface area contributed by atoms with Crippen LogP contribution in [0, 0.1) is 0 Å². The van der Waals surface area contributed by atoms with Gasteiger partial charge in [0.2, 0.25) is 0 Å². The second-order valence-electron chi connectivity index (χ2n) is 2.54. The van der Waals surface area contributed by atoms with Crippen molar-refractivity contribution in [3.8, 4) is 0 Å². The van der Waals surface area contributed by atoms with Gasteiger partial charge in [-0.05, 0) is 0 Å². The highest BCUT2D eigenvalue weighted by molar-refractivity contribution is 7.84. The average molecular weight is 234 g/mol. The molecule has 0 aliphatic carbocycles. The van der Waals surface area contributed by atoms with Crippen LogP contribution in [0.4, 0.5) is 5.00 Å². The van der Waals surface area contributed by atoms with Gasteiger partial charge in [-0.2, -0.15) is 0 Å². The highest BCUT2D eigenvalue weighted by Crippen LogP contribution is 2.19. The van der Waals surface area contributed by atoms with Gasteiger partial charge >= 0.3 is 5.97 Å². The highest BCUT2D eigenvalue weighted by atomic mass is 32.2. The molecule has 0 aliphatic heterocycles. The van der Waals surface area contributed by atoms with Crippen molar-refractivity contribution in [2.24, 2.45) is 0 Å². The molecular weight excluding hydrogens is 224 g/mol. The summed E-state index contributed by atoms with van der Waals surface area (Å²) in [5, 5.41) is 12.1. The molecule has 0 aromatic carbocycles. The zero-order chi connectivity index (χ0) is 10.6. The number of aromatic carboxylic acids is 1. The van der Waals surface area contributed by atoms with Gasteiger partial charge in [0.05, 0.1) is 5.51 Å². The Morgan fingerprint density at radius 3 is 3.07 bits per heavy atom. The molecule has 0 bridgehead atoms. The predicted molar refractivity (Wildman–Crippen MR) is 56.5 cm³/mol. The Hall–Kier alpha value is -0.950. The lowest BCUT2D eigenvalue weighted by Gasteiger charge is -2.01. The maximum atomic E-state index is 10.7. The maximum Gasteiger partial charge on any atom is 0.357 e. The molecule has 1 rings (SSSR count). The van der Waals surface area contributed by atoms with Crippen LogP contribution in [0.3, 0.4) is 0 Å². The summed E-state index contributed by atoms with van der Waals surface area (Å²) in [6.45, 7) is 0.492. The minimum Gasteiger partial charge on any atom is -0.476 e. The minimum atomic E-state index is -1.05. The standard InChI is InChI=1S/C7H10N2O3S2/c1-14(12)3-2-8-6-5(7(10)11)9-4-13-6/h4,8H,2-3H2,1H3,(H,10,11). The zero-order valence-electron chi connectivity index (χ0n) is 7.52. The van der Waals surface area contributed by atoms with Crippen LogP contribution in [0.25, 0.3) is 0 Å². The van der Waals surface area contributed by atoms with E-state index in [1.54, 1.807) is 6.26 Å². The number of anilines is 1. The number of carboxylic acids is 1. The van der Waals surface area contributed by atoms with Gasteiger partial charge in [0.25, 0.3) is 0 Å². The first-order valence-corrected chi connectivity index (χ1v) is 6.42. The number of nitrogens with one attached hydrogen (secondary N) is 1. The van der Waals surface area contributed by atoms with Crippen LogP contribution in [0.5, 0.6) is 0 Å². The third-order valence-corrected chi connectivity index (χ3v) is 3.01. The number of aromatic nitrogens is 1. The number of hydrogen-bond donors (Lipinski definition) is 2. The molecule has 0 saturated carbocycles. The minimum absolute atomic E-state index is 0.0249. The van der Waals surface area contributed by atoms with E-state index < -0.39 is 16.8 Å². The van der Waals surface area contributed by atoms with E-state index in [1.165, 1.54) is 16.8 Å². The van der Waals surface area contributed by atoms with Gasteiger partial charge in [-0.25, -0.2) is 9.78 Å². The van der Waals surface area contributed by atoms with Gasteiger partial charge in [-0.15, -0.1) is 11.3 Å².